The maximum absolute atomic E-state index is 11.8. The van der Waals surface area contributed by atoms with E-state index in [4.69, 9.17) is 11.6 Å². The summed E-state index contributed by atoms with van der Waals surface area (Å²) in [7, 11) is -2.22. The van der Waals surface area contributed by atoms with E-state index in [1.54, 1.807) is 6.07 Å². The SMILES string of the molecule is CNS(=O)(=O)c1ccc(C(C)(C)C)c(NC(=O)CCl)c1. The first-order valence-corrected chi connectivity index (χ1v) is 8.07. The first-order valence-electron chi connectivity index (χ1n) is 6.05. The Morgan fingerprint density at radius 2 is 1.90 bits per heavy atom. The molecule has 0 radical (unpaired) electrons. The quantitative estimate of drug-likeness (QED) is 0.834. The van der Waals surface area contributed by atoms with Crippen LogP contribution in [0.2, 0.25) is 0 Å². The van der Waals surface area contributed by atoms with E-state index >= 15 is 0 Å². The van der Waals surface area contributed by atoms with Crippen LogP contribution in [-0.2, 0) is 20.2 Å². The van der Waals surface area contributed by atoms with Gasteiger partial charge in [0.2, 0.25) is 15.9 Å². The number of hydrogen-bond acceptors (Lipinski definition) is 3. The van der Waals surface area contributed by atoms with E-state index in [-0.39, 0.29) is 22.1 Å². The van der Waals surface area contributed by atoms with Gasteiger partial charge in [0.1, 0.15) is 5.88 Å². The van der Waals surface area contributed by atoms with Gasteiger partial charge in [0.15, 0.2) is 0 Å². The Kier molecular flexibility index (Phi) is 5.18. The second-order valence-electron chi connectivity index (χ2n) is 5.35. The number of halogens is 1. The zero-order chi connectivity index (χ0) is 15.6. The summed E-state index contributed by atoms with van der Waals surface area (Å²) in [5, 5.41) is 2.64. The minimum atomic E-state index is -3.56. The number of anilines is 1. The van der Waals surface area contributed by atoms with Crippen LogP contribution >= 0.6 is 11.6 Å². The number of alkyl halides is 1. The summed E-state index contributed by atoms with van der Waals surface area (Å²) >= 11 is 5.48. The molecule has 0 bridgehead atoms. The van der Waals surface area contributed by atoms with Gasteiger partial charge >= 0.3 is 0 Å². The molecule has 1 aromatic rings. The van der Waals surface area contributed by atoms with Gasteiger partial charge in [-0.1, -0.05) is 26.8 Å². The fourth-order valence-electron chi connectivity index (χ4n) is 1.75. The number of benzene rings is 1. The molecular weight excluding hydrogens is 300 g/mol. The summed E-state index contributed by atoms with van der Waals surface area (Å²) in [5.74, 6) is -0.566. The summed E-state index contributed by atoms with van der Waals surface area (Å²) < 4.78 is 25.9. The van der Waals surface area contributed by atoms with E-state index in [9.17, 15) is 13.2 Å². The highest BCUT2D eigenvalue weighted by atomic mass is 35.5. The third kappa shape index (κ3) is 3.94. The minimum absolute atomic E-state index is 0.0953. The van der Waals surface area contributed by atoms with Crippen molar-refractivity contribution in [3.8, 4) is 0 Å². The summed E-state index contributed by atoms with van der Waals surface area (Å²) in [4.78, 5) is 11.6. The number of rotatable bonds is 4. The largest absolute Gasteiger partial charge is 0.325 e. The molecule has 0 aliphatic rings. The van der Waals surface area contributed by atoms with Crippen LogP contribution in [0.1, 0.15) is 26.3 Å². The number of carbonyl (C=O) groups excluding carboxylic acids is 1. The Morgan fingerprint density at radius 1 is 1.30 bits per heavy atom. The molecule has 1 amide bonds. The molecule has 0 fully saturated rings. The van der Waals surface area contributed by atoms with Crippen LogP contribution in [0.15, 0.2) is 23.1 Å². The molecule has 2 N–H and O–H groups in total. The summed E-state index contributed by atoms with van der Waals surface area (Å²) in [6.07, 6.45) is 0. The van der Waals surface area contributed by atoms with Crippen molar-refractivity contribution < 1.29 is 13.2 Å². The first kappa shape index (κ1) is 16.9. The summed E-state index contributed by atoms with van der Waals surface area (Å²) in [5.41, 5.74) is 1.06. The molecule has 7 heteroatoms. The normalized spacial score (nSPS) is 12.2. The van der Waals surface area contributed by atoms with Gasteiger partial charge in [-0.05, 0) is 30.2 Å². The van der Waals surface area contributed by atoms with Crippen molar-refractivity contribution in [2.24, 2.45) is 0 Å². The highest BCUT2D eigenvalue weighted by molar-refractivity contribution is 7.89. The van der Waals surface area contributed by atoms with Crippen molar-refractivity contribution in [2.45, 2.75) is 31.1 Å². The molecule has 0 saturated heterocycles. The van der Waals surface area contributed by atoms with Gasteiger partial charge in [0.25, 0.3) is 0 Å². The summed E-state index contributed by atoms with van der Waals surface area (Å²) in [6, 6.07) is 4.66. The highest BCUT2D eigenvalue weighted by Crippen LogP contribution is 2.31. The first-order chi connectivity index (χ1) is 9.11. The molecule has 0 aliphatic carbocycles. The predicted molar refractivity (Wildman–Crippen MR) is 80.7 cm³/mol. The van der Waals surface area contributed by atoms with Crippen molar-refractivity contribution in [3.05, 3.63) is 23.8 Å². The van der Waals surface area contributed by atoms with Gasteiger partial charge in [-0.3, -0.25) is 4.79 Å². The molecule has 0 saturated carbocycles. The smallest absolute Gasteiger partial charge is 0.240 e. The second kappa shape index (κ2) is 6.11. The third-order valence-electron chi connectivity index (χ3n) is 2.77. The second-order valence-corrected chi connectivity index (χ2v) is 7.50. The third-order valence-corrected chi connectivity index (χ3v) is 4.43. The van der Waals surface area contributed by atoms with Gasteiger partial charge in [0.05, 0.1) is 4.90 Å². The van der Waals surface area contributed by atoms with Crippen LogP contribution in [0.3, 0.4) is 0 Å². The maximum Gasteiger partial charge on any atom is 0.240 e. The lowest BCUT2D eigenvalue weighted by Crippen LogP contribution is -2.22. The number of sulfonamides is 1. The zero-order valence-electron chi connectivity index (χ0n) is 12.0. The average molecular weight is 319 g/mol. The topological polar surface area (TPSA) is 75.3 Å². The Bertz CT molecular complexity index is 607. The lowest BCUT2D eigenvalue weighted by Gasteiger charge is -2.23. The molecule has 0 aliphatic heterocycles. The van der Waals surface area contributed by atoms with Gasteiger partial charge < -0.3 is 5.32 Å². The Morgan fingerprint density at radius 3 is 2.35 bits per heavy atom. The van der Waals surface area contributed by atoms with Gasteiger partial charge in [-0.25, -0.2) is 13.1 Å². The molecule has 0 spiro atoms. The lowest BCUT2D eigenvalue weighted by molar-refractivity contribution is -0.113. The number of hydrogen-bond donors (Lipinski definition) is 2. The van der Waals surface area contributed by atoms with Gasteiger partial charge in [0, 0.05) is 5.69 Å². The average Bonchev–Trinajstić information content (AvgIpc) is 2.37. The molecule has 0 aromatic heterocycles. The van der Waals surface area contributed by atoms with Crippen LogP contribution in [0.25, 0.3) is 0 Å². The van der Waals surface area contributed by atoms with Gasteiger partial charge in [-0.15, -0.1) is 11.6 Å². The lowest BCUT2D eigenvalue weighted by atomic mass is 9.86. The molecule has 0 atom stereocenters. The predicted octanol–water partition coefficient (Wildman–Crippen LogP) is 2.07. The van der Waals surface area contributed by atoms with E-state index < -0.39 is 10.0 Å². The van der Waals surface area contributed by atoms with E-state index in [0.29, 0.717) is 5.69 Å². The number of carbonyl (C=O) groups is 1. The fourth-order valence-corrected chi connectivity index (χ4v) is 2.57. The maximum atomic E-state index is 11.8. The molecular formula is C13H19ClN2O3S. The summed E-state index contributed by atoms with van der Waals surface area (Å²) in [6.45, 7) is 5.93. The van der Waals surface area contributed by atoms with E-state index in [0.717, 1.165) is 5.56 Å². The molecule has 1 rings (SSSR count). The molecule has 20 heavy (non-hydrogen) atoms. The molecule has 1 aromatic carbocycles. The van der Waals surface area contributed by atoms with Crippen LogP contribution < -0.4 is 10.0 Å². The Labute approximate surface area is 124 Å². The van der Waals surface area contributed by atoms with Gasteiger partial charge in [-0.2, -0.15) is 0 Å². The van der Waals surface area contributed by atoms with Crippen molar-refractivity contribution in [3.63, 3.8) is 0 Å². The standard InChI is InChI=1S/C13H19ClN2O3S/c1-13(2,3)10-6-5-9(20(18,19)15-4)7-11(10)16-12(17)8-14/h5-7,15H,8H2,1-4H3,(H,16,17). The Balaban J connectivity index is 3.40. The van der Waals surface area contributed by atoms with Crippen molar-refractivity contribution in [1.82, 2.24) is 4.72 Å². The van der Waals surface area contributed by atoms with Crippen LogP contribution in [0.4, 0.5) is 5.69 Å². The van der Waals surface area contributed by atoms with Crippen molar-refractivity contribution >= 4 is 33.2 Å². The van der Waals surface area contributed by atoms with E-state index in [2.05, 4.69) is 10.0 Å². The monoisotopic (exact) mass is 318 g/mol. The minimum Gasteiger partial charge on any atom is -0.325 e. The van der Waals surface area contributed by atoms with Crippen LogP contribution in [0.5, 0.6) is 0 Å². The van der Waals surface area contributed by atoms with Crippen molar-refractivity contribution in [2.75, 3.05) is 18.2 Å². The molecule has 5 nitrogen and oxygen atoms in total. The number of amides is 1. The Hall–Kier alpha value is -1.11. The van der Waals surface area contributed by atoms with E-state index in [1.165, 1.54) is 19.2 Å². The van der Waals surface area contributed by atoms with E-state index in [1.807, 2.05) is 20.8 Å². The van der Waals surface area contributed by atoms with Crippen LogP contribution in [-0.4, -0.2) is 27.3 Å². The number of nitrogens with one attached hydrogen (secondary N) is 2. The molecule has 0 unspecified atom stereocenters. The van der Waals surface area contributed by atoms with Crippen LogP contribution in [0, 0.1) is 0 Å². The highest BCUT2D eigenvalue weighted by Gasteiger charge is 2.22. The molecule has 0 heterocycles. The fraction of sp³-hybridized carbons (Fsp3) is 0.462. The zero-order valence-corrected chi connectivity index (χ0v) is 13.5. The molecule has 112 valence electrons. The van der Waals surface area contributed by atoms with Crippen molar-refractivity contribution in [1.29, 1.82) is 0 Å².